The van der Waals surface area contributed by atoms with Crippen LogP contribution in [-0.4, -0.2) is 84.0 Å². The molecule has 0 bridgehead atoms. The van der Waals surface area contributed by atoms with Gasteiger partial charge in [0.1, 0.15) is 41.2 Å². The van der Waals surface area contributed by atoms with Crippen LogP contribution in [0.15, 0.2) is 78.0 Å². The van der Waals surface area contributed by atoms with Gasteiger partial charge in [-0.05, 0) is 86.4 Å². The minimum absolute atomic E-state index is 0.00925. The number of nitrogen functional groups attached to an aromatic ring is 1. The summed E-state index contributed by atoms with van der Waals surface area (Å²) in [7, 11) is 0. The number of fused-ring (bicyclic) bond motifs is 2. The number of unbranched alkanes of at least 4 members (excludes halogenated alkanes) is 3. The van der Waals surface area contributed by atoms with Gasteiger partial charge in [-0.3, -0.25) is 34.2 Å². The highest BCUT2D eigenvalue weighted by Crippen LogP contribution is 2.36. The largest absolute Gasteiger partial charge is 0.457 e. The summed E-state index contributed by atoms with van der Waals surface area (Å²) < 4.78 is 22.9. The number of anilines is 1. The number of nitrogens with zero attached hydrogens (tertiary/aromatic N) is 6. The van der Waals surface area contributed by atoms with Gasteiger partial charge in [0, 0.05) is 36.4 Å². The molecule has 0 aliphatic carbocycles. The first-order chi connectivity index (χ1) is 28.2. The molecule has 3 N–H and O–H groups in total. The highest BCUT2D eigenvalue weighted by molar-refractivity contribution is 7.99. The van der Waals surface area contributed by atoms with E-state index in [-0.39, 0.29) is 40.8 Å². The van der Waals surface area contributed by atoms with E-state index in [0.717, 1.165) is 60.8 Å². The van der Waals surface area contributed by atoms with E-state index in [4.69, 9.17) is 15.6 Å². The number of para-hydroxylation sites is 1. The number of piperidine rings is 2. The van der Waals surface area contributed by atoms with Gasteiger partial charge in [-0.2, -0.15) is 5.10 Å². The lowest BCUT2D eigenvalue weighted by molar-refractivity contribution is -0.136. The Labute approximate surface area is 337 Å². The summed E-state index contributed by atoms with van der Waals surface area (Å²) in [5, 5.41) is 7.85. The predicted molar refractivity (Wildman–Crippen MR) is 213 cm³/mol. The standard InChI is InChI=1S/C42H41FN8O6S/c43-31-22-29-30(42(56)50(41(29)55)32-15-16-34(52)47-40(32)54)23-33(31)58-21-7-2-1-6-10-35(53)49-19-17-26(18-20-49)51-39-36(38(44)45-24-46-39)37(48-51)25-11-13-28(14-12-25)57-27-8-4-3-5-9-27/h3-5,8-9,11-14,22-24,26,32H,1-2,6-7,10,15-21H2,(H2,44,45,46)(H,47,52,54). The number of nitrogens with two attached hydrogens (primary N) is 1. The van der Waals surface area contributed by atoms with Gasteiger partial charge >= 0.3 is 0 Å². The summed E-state index contributed by atoms with van der Waals surface area (Å²) >= 11 is 1.26. The zero-order valence-electron chi connectivity index (χ0n) is 31.6. The van der Waals surface area contributed by atoms with Crippen LogP contribution in [0, 0.1) is 5.82 Å². The molecule has 2 saturated heterocycles. The number of likely N-dealkylation sites (tertiary alicyclic amines) is 1. The zero-order chi connectivity index (χ0) is 40.3. The third kappa shape index (κ3) is 7.88. The van der Waals surface area contributed by atoms with Crippen molar-refractivity contribution in [3.8, 4) is 22.8 Å². The van der Waals surface area contributed by atoms with Crippen LogP contribution in [0.1, 0.15) is 84.5 Å². The van der Waals surface area contributed by atoms with Crippen LogP contribution < -0.4 is 15.8 Å². The van der Waals surface area contributed by atoms with Crippen molar-refractivity contribution in [2.75, 3.05) is 24.6 Å². The van der Waals surface area contributed by atoms with E-state index in [1.807, 2.05) is 64.2 Å². The van der Waals surface area contributed by atoms with Crippen molar-refractivity contribution < 1.29 is 33.1 Å². The number of nitrogens with one attached hydrogen (secondary N) is 1. The Morgan fingerprint density at radius 3 is 2.33 bits per heavy atom. The van der Waals surface area contributed by atoms with E-state index < -0.39 is 35.5 Å². The number of benzene rings is 3. The fourth-order valence-corrected chi connectivity index (χ4v) is 8.74. The molecule has 2 fully saturated rings. The molecule has 16 heteroatoms. The van der Waals surface area contributed by atoms with Crippen LogP contribution >= 0.6 is 11.8 Å². The quantitative estimate of drug-likeness (QED) is 0.0773. The Hall–Kier alpha value is -6.16. The van der Waals surface area contributed by atoms with E-state index >= 15 is 0 Å². The highest BCUT2D eigenvalue weighted by atomic mass is 32.2. The second-order valence-electron chi connectivity index (χ2n) is 14.6. The number of hydrogen-bond acceptors (Lipinski definition) is 11. The molecule has 5 heterocycles. The number of aromatic nitrogens is 4. The van der Waals surface area contributed by atoms with Crippen LogP contribution in [-0.2, 0) is 14.4 Å². The van der Waals surface area contributed by atoms with Crippen molar-refractivity contribution in [1.82, 2.24) is 34.9 Å². The molecule has 3 aromatic carbocycles. The van der Waals surface area contributed by atoms with Gasteiger partial charge in [0.2, 0.25) is 17.7 Å². The van der Waals surface area contributed by atoms with Gasteiger partial charge in [0.25, 0.3) is 11.8 Å². The first-order valence-electron chi connectivity index (χ1n) is 19.4. The Morgan fingerprint density at radius 2 is 1.59 bits per heavy atom. The molecule has 3 aliphatic heterocycles. The minimum Gasteiger partial charge on any atom is -0.457 e. The minimum atomic E-state index is -1.10. The monoisotopic (exact) mass is 804 g/mol. The number of halogens is 1. The Kier molecular flexibility index (Phi) is 11.2. The summed E-state index contributed by atoms with van der Waals surface area (Å²) in [6.45, 7) is 1.21. The fourth-order valence-electron chi connectivity index (χ4n) is 7.77. The van der Waals surface area contributed by atoms with Crippen molar-refractivity contribution in [1.29, 1.82) is 0 Å². The van der Waals surface area contributed by atoms with E-state index in [2.05, 4.69) is 15.3 Å². The van der Waals surface area contributed by atoms with Crippen LogP contribution in [0.5, 0.6) is 11.5 Å². The van der Waals surface area contributed by atoms with Crippen molar-refractivity contribution in [2.24, 2.45) is 0 Å². The summed E-state index contributed by atoms with van der Waals surface area (Å²) in [6.07, 6.45) is 6.58. The lowest BCUT2D eigenvalue weighted by atomic mass is 10.0. The summed E-state index contributed by atoms with van der Waals surface area (Å²) in [6, 6.07) is 18.6. The number of thioether (sulfide) groups is 1. The molecule has 0 saturated carbocycles. The van der Waals surface area contributed by atoms with E-state index in [0.29, 0.717) is 53.6 Å². The lowest BCUT2D eigenvalue weighted by Crippen LogP contribution is -2.54. The average molecular weight is 805 g/mol. The van der Waals surface area contributed by atoms with E-state index in [9.17, 15) is 28.4 Å². The van der Waals surface area contributed by atoms with Gasteiger partial charge in [-0.15, -0.1) is 11.8 Å². The molecule has 58 heavy (non-hydrogen) atoms. The Morgan fingerprint density at radius 1 is 0.879 bits per heavy atom. The molecule has 5 aromatic rings. The SMILES string of the molecule is Nc1ncnc2c1c(-c1ccc(Oc3ccccc3)cc1)nn2C1CCN(C(=O)CCCCCCSc2cc3c(cc2F)C(=O)N(C2CCC(=O)NC2=O)C3=O)CC1. The fraction of sp³-hybridized carbons (Fsp3) is 0.333. The third-order valence-electron chi connectivity index (χ3n) is 10.8. The molecule has 298 valence electrons. The van der Waals surface area contributed by atoms with Gasteiger partial charge in [-0.25, -0.2) is 19.0 Å². The van der Waals surface area contributed by atoms with E-state index in [1.54, 1.807) is 0 Å². The van der Waals surface area contributed by atoms with Gasteiger partial charge in [0.05, 0.1) is 22.6 Å². The third-order valence-corrected chi connectivity index (χ3v) is 11.9. The number of ether oxygens (including phenoxy) is 1. The molecule has 1 unspecified atom stereocenters. The summed E-state index contributed by atoms with van der Waals surface area (Å²) in [5.41, 5.74) is 8.56. The number of carbonyl (C=O) groups is 5. The molecule has 3 aliphatic rings. The van der Waals surface area contributed by atoms with Crippen LogP contribution in [0.4, 0.5) is 10.2 Å². The molecule has 0 spiro atoms. The van der Waals surface area contributed by atoms with Crippen LogP contribution in [0.25, 0.3) is 22.3 Å². The highest BCUT2D eigenvalue weighted by Gasteiger charge is 2.45. The first-order valence-corrected chi connectivity index (χ1v) is 20.4. The Bertz CT molecular complexity index is 2400. The predicted octanol–water partition coefficient (Wildman–Crippen LogP) is 6.31. The molecule has 5 amide bonds. The second-order valence-corrected chi connectivity index (χ2v) is 15.7. The molecular weight excluding hydrogens is 764 g/mol. The second kappa shape index (κ2) is 16.7. The topological polar surface area (TPSA) is 183 Å². The van der Waals surface area contributed by atoms with Gasteiger partial charge in [0.15, 0.2) is 5.65 Å². The molecule has 0 radical (unpaired) electrons. The van der Waals surface area contributed by atoms with Gasteiger partial charge < -0.3 is 15.4 Å². The summed E-state index contributed by atoms with van der Waals surface area (Å²) in [5.74, 6) is -0.675. The number of imide groups is 2. The van der Waals surface area contributed by atoms with Crippen molar-refractivity contribution in [3.05, 3.63) is 90.0 Å². The van der Waals surface area contributed by atoms with Crippen molar-refractivity contribution >= 4 is 58.1 Å². The molecule has 2 aromatic heterocycles. The number of carbonyl (C=O) groups excluding carboxylic acids is 5. The number of rotatable bonds is 13. The Balaban J connectivity index is 0.790. The average Bonchev–Trinajstić information content (AvgIpc) is 3.73. The maximum Gasteiger partial charge on any atom is 0.262 e. The maximum absolute atomic E-state index is 15.0. The molecule has 1 atom stereocenters. The lowest BCUT2D eigenvalue weighted by Gasteiger charge is -2.32. The molecular formula is C42H41FN8O6S. The normalized spacial score (nSPS) is 17.2. The molecule has 14 nitrogen and oxygen atoms in total. The summed E-state index contributed by atoms with van der Waals surface area (Å²) in [4.78, 5) is 74.9. The maximum atomic E-state index is 15.0. The van der Waals surface area contributed by atoms with Crippen LogP contribution in [0.3, 0.4) is 0 Å². The van der Waals surface area contributed by atoms with Crippen LogP contribution in [0.2, 0.25) is 0 Å². The zero-order valence-corrected chi connectivity index (χ0v) is 32.4. The van der Waals surface area contributed by atoms with Crippen molar-refractivity contribution in [2.45, 2.75) is 74.8 Å². The first kappa shape index (κ1) is 38.7. The number of amides is 5. The van der Waals surface area contributed by atoms with Crippen molar-refractivity contribution in [3.63, 3.8) is 0 Å². The number of hydrogen-bond donors (Lipinski definition) is 2. The smallest absolute Gasteiger partial charge is 0.262 e. The van der Waals surface area contributed by atoms with E-state index in [1.165, 1.54) is 24.2 Å². The molecule has 8 rings (SSSR count). The van der Waals surface area contributed by atoms with Gasteiger partial charge in [-0.1, -0.05) is 31.0 Å².